The SMILES string of the molecule is Cc1c(N2CC=C(O)c3cc(F)c(Cl)nc32)c(C(C)C)nn1C. The minimum atomic E-state index is -0.654. The van der Waals surface area contributed by atoms with Crippen LogP contribution in [0.3, 0.4) is 0 Å². The van der Waals surface area contributed by atoms with Gasteiger partial charge in [-0.1, -0.05) is 25.4 Å². The summed E-state index contributed by atoms with van der Waals surface area (Å²) in [6, 6.07) is 1.21. The van der Waals surface area contributed by atoms with Gasteiger partial charge in [-0.25, -0.2) is 9.37 Å². The molecule has 0 aliphatic carbocycles. The van der Waals surface area contributed by atoms with Gasteiger partial charge in [0, 0.05) is 13.6 Å². The molecule has 3 rings (SSSR count). The van der Waals surface area contributed by atoms with E-state index in [1.807, 2.05) is 23.6 Å². The molecule has 0 saturated carbocycles. The number of anilines is 2. The maximum Gasteiger partial charge on any atom is 0.167 e. The number of hydrogen-bond acceptors (Lipinski definition) is 4. The predicted octanol–water partition coefficient (Wildman–Crippen LogP) is 4.09. The molecule has 0 fully saturated rings. The highest BCUT2D eigenvalue weighted by Crippen LogP contribution is 2.40. The predicted molar refractivity (Wildman–Crippen MR) is 88.9 cm³/mol. The second kappa shape index (κ2) is 5.53. The van der Waals surface area contributed by atoms with Gasteiger partial charge in [0.1, 0.15) is 11.6 Å². The van der Waals surface area contributed by atoms with Gasteiger partial charge in [0.15, 0.2) is 11.0 Å². The van der Waals surface area contributed by atoms with Gasteiger partial charge in [0.2, 0.25) is 0 Å². The maximum absolute atomic E-state index is 13.7. The van der Waals surface area contributed by atoms with Crippen molar-refractivity contribution in [2.45, 2.75) is 26.7 Å². The Bertz CT molecular complexity index is 813. The van der Waals surface area contributed by atoms with Gasteiger partial charge >= 0.3 is 0 Å². The molecule has 122 valence electrons. The molecule has 23 heavy (non-hydrogen) atoms. The van der Waals surface area contributed by atoms with Gasteiger partial charge in [-0.15, -0.1) is 0 Å². The molecule has 0 saturated heterocycles. The van der Waals surface area contributed by atoms with Crippen LogP contribution in [0.4, 0.5) is 15.9 Å². The lowest BCUT2D eigenvalue weighted by molar-refractivity contribution is 0.506. The van der Waals surface area contributed by atoms with Crippen molar-refractivity contribution < 1.29 is 9.50 Å². The first-order valence-corrected chi connectivity index (χ1v) is 7.75. The molecular weight excluding hydrogens is 319 g/mol. The van der Waals surface area contributed by atoms with E-state index < -0.39 is 5.82 Å². The summed E-state index contributed by atoms with van der Waals surface area (Å²) in [5, 5.41) is 14.4. The van der Waals surface area contributed by atoms with E-state index in [9.17, 15) is 9.50 Å². The maximum atomic E-state index is 13.7. The first-order chi connectivity index (χ1) is 10.8. The van der Waals surface area contributed by atoms with Crippen LogP contribution in [0.15, 0.2) is 12.1 Å². The first kappa shape index (κ1) is 15.8. The zero-order valence-corrected chi connectivity index (χ0v) is 14.2. The average Bonchev–Trinajstić information content (AvgIpc) is 2.78. The second-order valence-corrected chi connectivity index (χ2v) is 6.29. The fraction of sp³-hybridized carbons (Fsp3) is 0.375. The molecule has 2 aromatic rings. The molecule has 0 amide bonds. The summed E-state index contributed by atoms with van der Waals surface area (Å²) in [6.07, 6.45) is 1.63. The van der Waals surface area contributed by atoms with E-state index in [2.05, 4.69) is 23.9 Å². The monoisotopic (exact) mass is 336 g/mol. The Balaban J connectivity index is 2.23. The van der Waals surface area contributed by atoms with Gasteiger partial charge in [-0.05, 0) is 25.0 Å². The molecule has 5 nitrogen and oxygen atoms in total. The topological polar surface area (TPSA) is 54.2 Å². The number of rotatable bonds is 2. The molecule has 0 radical (unpaired) electrons. The molecule has 0 spiro atoms. The third kappa shape index (κ3) is 2.47. The van der Waals surface area contributed by atoms with E-state index in [0.29, 0.717) is 17.9 Å². The van der Waals surface area contributed by atoms with Crippen LogP contribution in [0.25, 0.3) is 5.76 Å². The first-order valence-electron chi connectivity index (χ1n) is 7.37. The number of fused-ring (bicyclic) bond motifs is 1. The van der Waals surface area contributed by atoms with E-state index in [0.717, 1.165) is 17.1 Å². The van der Waals surface area contributed by atoms with Crippen LogP contribution in [-0.2, 0) is 7.05 Å². The lowest BCUT2D eigenvalue weighted by Crippen LogP contribution is -2.25. The Morgan fingerprint density at radius 2 is 2.09 bits per heavy atom. The fourth-order valence-corrected chi connectivity index (χ4v) is 2.90. The summed E-state index contributed by atoms with van der Waals surface area (Å²) in [7, 11) is 1.88. The standard InChI is InChI=1S/C16H18ClFN4O/c1-8(2)13-14(9(3)21(4)20-13)22-6-5-12(23)10-7-11(18)15(17)19-16(10)22/h5,7-8,23H,6H2,1-4H3. The van der Waals surface area contributed by atoms with Crippen LogP contribution >= 0.6 is 11.6 Å². The van der Waals surface area contributed by atoms with E-state index in [1.165, 1.54) is 6.07 Å². The van der Waals surface area contributed by atoms with Crippen molar-refractivity contribution in [1.82, 2.24) is 14.8 Å². The molecular formula is C16H18ClFN4O. The number of hydrogen-bond donors (Lipinski definition) is 1. The Kier molecular flexibility index (Phi) is 3.80. The zero-order valence-electron chi connectivity index (χ0n) is 13.4. The number of aryl methyl sites for hydroxylation is 1. The highest BCUT2D eigenvalue weighted by molar-refractivity contribution is 6.29. The summed E-state index contributed by atoms with van der Waals surface area (Å²) in [4.78, 5) is 6.07. The summed E-state index contributed by atoms with van der Waals surface area (Å²) >= 11 is 5.86. The molecule has 1 aliphatic heterocycles. The normalized spacial score (nSPS) is 14.2. The number of aliphatic hydroxyl groups is 1. The van der Waals surface area contributed by atoms with Crippen LogP contribution in [0.2, 0.25) is 5.15 Å². The molecule has 0 atom stereocenters. The number of aromatic nitrogens is 3. The smallest absolute Gasteiger partial charge is 0.167 e. The number of aliphatic hydroxyl groups excluding tert-OH is 1. The third-order valence-electron chi connectivity index (χ3n) is 4.06. The summed E-state index contributed by atoms with van der Waals surface area (Å²) in [6.45, 7) is 6.51. The van der Waals surface area contributed by atoms with Crippen molar-refractivity contribution in [1.29, 1.82) is 0 Å². The van der Waals surface area contributed by atoms with Gasteiger partial charge < -0.3 is 10.0 Å². The van der Waals surface area contributed by atoms with Crippen molar-refractivity contribution in [2.24, 2.45) is 7.05 Å². The van der Waals surface area contributed by atoms with Crippen LogP contribution in [0.1, 0.15) is 36.7 Å². The van der Waals surface area contributed by atoms with Gasteiger partial charge in [0.25, 0.3) is 0 Å². The lowest BCUT2D eigenvalue weighted by Gasteiger charge is -2.29. The number of nitrogens with zero attached hydrogens (tertiary/aromatic N) is 4. The minimum absolute atomic E-state index is 0.00644. The van der Waals surface area contributed by atoms with Gasteiger partial charge in [-0.2, -0.15) is 5.10 Å². The Morgan fingerprint density at radius 3 is 2.74 bits per heavy atom. The number of halogens is 2. The average molecular weight is 337 g/mol. The van der Waals surface area contributed by atoms with Crippen LogP contribution in [0.5, 0.6) is 0 Å². The number of pyridine rings is 1. The van der Waals surface area contributed by atoms with E-state index in [-0.39, 0.29) is 16.8 Å². The summed E-state index contributed by atoms with van der Waals surface area (Å²) < 4.78 is 15.5. The molecule has 1 aliphatic rings. The molecule has 0 bridgehead atoms. The van der Waals surface area contributed by atoms with E-state index in [4.69, 9.17) is 11.6 Å². The lowest BCUT2D eigenvalue weighted by atomic mass is 10.0. The summed E-state index contributed by atoms with van der Waals surface area (Å²) in [5.74, 6) is 0.00402. The van der Waals surface area contributed by atoms with Crippen LogP contribution in [0, 0.1) is 12.7 Å². The van der Waals surface area contributed by atoms with Crippen LogP contribution < -0.4 is 4.90 Å². The molecule has 0 unspecified atom stereocenters. The Morgan fingerprint density at radius 1 is 1.39 bits per heavy atom. The largest absolute Gasteiger partial charge is 0.507 e. The molecule has 3 heterocycles. The Hall–Kier alpha value is -2.08. The molecule has 2 aromatic heterocycles. The quantitative estimate of drug-likeness (QED) is 0.839. The van der Waals surface area contributed by atoms with Gasteiger partial charge in [0.05, 0.1) is 22.6 Å². The van der Waals surface area contributed by atoms with Crippen molar-refractivity contribution in [3.8, 4) is 0 Å². The zero-order chi connectivity index (χ0) is 16.9. The molecule has 0 aromatic carbocycles. The van der Waals surface area contributed by atoms with E-state index >= 15 is 0 Å². The third-order valence-corrected chi connectivity index (χ3v) is 4.32. The van der Waals surface area contributed by atoms with Crippen molar-refractivity contribution in [2.75, 3.05) is 11.4 Å². The molecule has 1 N–H and O–H groups in total. The van der Waals surface area contributed by atoms with Gasteiger partial charge in [-0.3, -0.25) is 4.68 Å². The van der Waals surface area contributed by atoms with E-state index in [1.54, 1.807) is 6.08 Å². The van der Waals surface area contributed by atoms with Crippen molar-refractivity contribution >= 4 is 28.9 Å². The van der Waals surface area contributed by atoms with Crippen LogP contribution in [-0.4, -0.2) is 26.4 Å². The minimum Gasteiger partial charge on any atom is -0.507 e. The molecule has 7 heteroatoms. The fourth-order valence-electron chi connectivity index (χ4n) is 2.77. The highest BCUT2D eigenvalue weighted by atomic mass is 35.5. The summed E-state index contributed by atoms with van der Waals surface area (Å²) in [5.41, 5.74) is 3.14. The highest BCUT2D eigenvalue weighted by Gasteiger charge is 2.29. The second-order valence-electron chi connectivity index (χ2n) is 5.93. The van der Waals surface area contributed by atoms with Crippen molar-refractivity contribution in [3.05, 3.63) is 40.1 Å². The van der Waals surface area contributed by atoms with Crippen molar-refractivity contribution in [3.63, 3.8) is 0 Å². The Labute approximate surface area is 139 Å².